The number of alkyl halides is 2. The molecule has 2 aromatic carbocycles. The first-order valence-corrected chi connectivity index (χ1v) is 11.9. The van der Waals surface area contributed by atoms with E-state index in [-0.39, 0.29) is 6.54 Å². The van der Waals surface area contributed by atoms with Gasteiger partial charge < -0.3 is 19.5 Å². The summed E-state index contributed by atoms with van der Waals surface area (Å²) in [7, 11) is 1.95. The van der Waals surface area contributed by atoms with Gasteiger partial charge >= 0.3 is 0 Å². The van der Waals surface area contributed by atoms with Crippen LogP contribution in [-0.2, 0) is 7.05 Å². The molecular formula is C26H24F2N8O. The van der Waals surface area contributed by atoms with E-state index < -0.39 is 12.3 Å². The fourth-order valence-corrected chi connectivity index (χ4v) is 4.55. The van der Waals surface area contributed by atoms with E-state index >= 15 is 0 Å². The van der Waals surface area contributed by atoms with Gasteiger partial charge in [-0.3, -0.25) is 0 Å². The molecular weight excluding hydrogens is 478 g/mol. The summed E-state index contributed by atoms with van der Waals surface area (Å²) in [4.78, 5) is 23.8. The molecule has 6 rings (SSSR count). The van der Waals surface area contributed by atoms with Crippen molar-refractivity contribution >= 4 is 39.5 Å². The molecule has 1 saturated heterocycles. The number of fused-ring (bicyclic) bond motifs is 2. The molecule has 37 heavy (non-hydrogen) atoms. The second-order valence-electron chi connectivity index (χ2n) is 9.17. The second-order valence-corrected chi connectivity index (χ2v) is 9.17. The summed E-state index contributed by atoms with van der Waals surface area (Å²) in [6.07, 6.45) is 2.88. The van der Waals surface area contributed by atoms with Gasteiger partial charge in [0.05, 0.1) is 23.6 Å². The largest absolute Gasteiger partial charge is 0.457 e. The molecule has 1 fully saturated rings. The highest BCUT2D eigenvalue weighted by molar-refractivity contribution is 5.87. The van der Waals surface area contributed by atoms with Crippen LogP contribution < -0.4 is 15.0 Å². The Balaban J connectivity index is 1.23. The van der Waals surface area contributed by atoms with E-state index in [1.807, 2.05) is 54.9 Å². The maximum atomic E-state index is 13.1. The molecule has 9 nitrogen and oxygen atoms in total. The number of anilines is 3. The van der Waals surface area contributed by atoms with Crippen LogP contribution in [0.2, 0.25) is 0 Å². The van der Waals surface area contributed by atoms with Crippen LogP contribution in [0.3, 0.4) is 0 Å². The first kappa shape index (κ1) is 23.0. The normalized spacial score (nSPS) is 15.7. The molecule has 0 aliphatic carbocycles. The number of ether oxygens (including phenoxy) is 1. The molecule has 0 unspecified atom stereocenters. The lowest BCUT2D eigenvalue weighted by Gasteiger charge is -2.17. The number of rotatable bonds is 6. The third kappa shape index (κ3) is 4.48. The smallest absolute Gasteiger partial charge is 0.243 e. The molecule has 1 N–H and O–H groups in total. The van der Waals surface area contributed by atoms with Crippen LogP contribution in [0, 0.1) is 12.8 Å². The van der Waals surface area contributed by atoms with Crippen molar-refractivity contribution in [2.24, 2.45) is 13.0 Å². The molecule has 0 radical (unpaired) electrons. The van der Waals surface area contributed by atoms with Crippen LogP contribution in [-0.4, -0.2) is 49.0 Å². The van der Waals surface area contributed by atoms with Gasteiger partial charge in [0.25, 0.3) is 0 Å². The van der Waals surface area contributed by atoms with E-state index in [1.54, 1.807) is 17.4 Å². The van der Waals surface area contributed by atoms with Gasteiger partial charge in [0.15, 0.2) is 5.82 Å². The molecule has 1 atom stereocenters. The fraction of sp³-hybridized carbons (Fsp3) is 0.269. The van der Waals surface area contributed by atoms with Gasteiger partial charge in [-0.25, -0.2) is 33.7 Å². The van der Waals surface area contributed by atoms with E-state index in [9.17, 15) is 8.78 Å². The fourth-order valence-electron chi connectivity index (χ4n) is 4.55. The Kier molecular flexibility index (Phi) is 5.74. The van der Waals surface area contributed by atoms with E-state index in [0.717, 1.165) is 28.0 Å². The summed E-state index contributed by atoms with van der Waals surface area (Å²) in [5, 5.41) is 3.30. The third-order valence-corrected chi connectivity index (χ3v) is 6.59. The number of aryl methyl sites for hydroxylation is 2. The quantitative estimate of drug-likeness (QED) is 0.337. The Hall–Kier alpha value is -4.41. The minimum atomic E-state index is -2.35. The van der Waals surface area contributed by atoms with Crippen LogP contribution in [0.1, 0.15) is 12.0 Å². The highest BCUT2D eigenvalue weighted by Gasteiger charge is 2.31. The summed E-state index contributed by atoms with van der Waals surface area (Å²) in [5.74, 6) is 1.67. The second kappa shape index (κ2) is 9.23. The zero-order valence-electron chi connectivity index (χ0n) is 20.3. The van der Waals surface area contributed by atoms with Gasteiger partial charge in [-0.05, 0) is 49.2 Å². The molecule has 188 valence electrons. The van der Waals surface area contributed by atoms with Gasteiger partial charge in [-0.1, -0.05) is 0 Å². The molecule has 1 aliphatic rings. The number of halogens is 2. The zero-order valence-corrected chi connectivity index (χ0v) is 20.3. The molecule has 3 aromatic heterocycles. The van der Waals surface area contributed by atoms with Gasteiger partial charge in [-0.15, -0.1) is 0 Å². The van der Waals surface area contributed by atoms with Crippen molar-refractivity contribution in [3.05, 3.63) is 60.8 Å². The molecule has 11 heteroatoms. The molecule has 0 amide bonds. The van der Waals surface area contributed by atoms with Gasteiger partial charge in [0.1, 0.15) is 28.9 Å². The Morgan fingerprint density at radius 2 is 1.95 bits per heavy atom. The van der Waals surface area contributed by atoms with Crippen molar-refractivity contribution < 1.29 is 13.5 Å². The molecule has 0 saturated carbocycles. The summed E-state index contributed by atoms with van der Waals surface area (Å²) in [6, 6.07) is 11.6. The monoisotopic (exact) mass is 502 g/mol. The number of nitrogens with one attached hydrogen (secondary N) is 1. The van der Waals surface area contributed by atoms with Crippen LogP contribution in [0.15, 0.2) is 55.2 Å². The molecule has 0 spiro atoms. The van der Waals surface area contributed by atoms with E-state index in [0.29, 0.717) is 41.5 Å². The van der Waals surface area contributed by atoms with Crippen molar-refractivity contribution in [3.63, 3.8) is 0 Å². The van der Waals surface area contributed by atoms with Gasteiger partial charge in [0.2, 0.25) is 12.4 Å². The lowest BCUT2D eigenvalue weighted by molar-refractivity contribution is 0.0879. The first-order valence-electron chi connectivity index (χ1n) is 11.9. The van der Waals surface area contributed by atoms with Crippen molar-refractivity contribution in [2.75, 3.05) is 23.3 Å². The highest BCUT2D eigenvalue weighted by atomic mass is 19.3. The Morgan fingerprint density at radius 1 is 1.05 bits per heavy atom. The lowest BCUT2D eigenvalue weighted by Crippen LogP contribution is -2.24. The number of hydrogen-bond acceptors (Lipinski definition) is 8. The van der Waals surface area contributed by atoms with Crippen molar-refractivity contribution in [3.8, 4) is 11.5 Å². The van der Waals surface area contributed by atoms with Crippen LogP contribution in [0.4, 0.5) is 26.2 Å². The van der Waals surface area contributed by atoms with Crippen LogP contribution in [0.25, 0.3) is 22.1 Å². The minimum absolute atomic E-state index is 0.230. The number of imidazole rings is 1. The minimum Gasteiger partial charge on any atom is -0.457 e. The van der Waals surface area contributed by atoms with E-state index in [1.165, 1.54) is 6.33 Å². The molecule has 1 aliphatic heterocycles. The summed E-state index contributed by atoms with van der Waals surface area (Å²) >= 11 is 0. The molecule has 4 heterocycles. The Labute approximate surface area is 211 Å². The Bertz CT molecular complexity index is 1600. The maximum absolute atomic E-state index is 13.1. The SMILES string of the molecule is Cc1cc(Nc2ncnc3cnc(N4CC[C@@H](C(F)F)C4)nc23)ccc1Oc1ccc2c(c1)ncn2C. The van der Waals surface area contributed by atoms with Crippen molar-refractivity contribution in [1.82, 2.24) is 29.5 Å². The summed E-state index contributed by atoms with van der Waals surface area (Å²) in [6.45, 7) is 2.68. The highest BCUT2D eigenvalue weighted by Crippen LogP contribution is 2.31. The van der Waals surface area contributed by atoms with Crippen molar-refractivity contribution in [1.29, 1.82) is 0 Å². The predicted octanol–water partition coefficient (Wildman–Crippen LogP) is 5.24. The van der Waals surface area contributed by atoms with Gasteiger partial charge in [0, 0.05) is 37.8 Å². The standard InChI is InChI=1S/C26H24F2N8O/c1-15-9-17(3-6-22(15)37-18-4-5-21-19(10-18)32-14-35(21)2)33-25-23-20(30-13-31-25)11-29-26(34-23)36-8-7-16(12-36)24(27)28/h3-6,9-11,13-14,16,24H,7-8,12H2,1-2H3,(H,30,31,33)/t16-/m1/s1. The number of hydrogen-bond donors (Lipinski definition) is 1. The lowest BCUT2D eigenvalue weighted by atomic mass is 10.1. The van der Waals surface area contributed by atoms with Gasteiger partial charge in [-0.2, -0.15) is 0 Å². The van der Waals surface area contributed by atoms with Crippen LogP contribution >= 0.6 is 0 Å². The van der Waals surface area contributed by atoms with Crippen molar-refractivity contribution in [2.45, 2.75) is 19.8 Å². The number of nitrogens with zero attached hydrogens (tertiary/aromatic N) is 7. The molecule has 0 bridgehead atoms. The number of benzene rings is 2. The number of aromatic nitrogens is 6. The third-order valence-electron chi connectivity index (χ3n) is 6.59. The average molecular weight is 503 g/mol. The van der Waals surface area contributed by atoms with Crippen LogP contribution in [0.5, 0.6) is 11.5 Å². The topological polar surface area (TPSA) is 93.9 Å². The zero-order chi connectivity index (χ0) is 25.5. The first-order chi connectivity index (χ1) is 17.9. The van der Waals surface area contributed by atoms with E-state index in [2.05, 4.69) is 30.2 Å². The average Bonchev–Trinajstić information content (AvgIpc) is 3.53. The Morgan fingerprint density at radius 3 is 2.76 bits per heavy atom. The predicted molar refractivity (Wildman–Crippen MR) is 137 cm³/mol. The molecule has 5 aromatic rings. The summed E-state index contributed by atoms with van der Waals surface area (Å²) < 4.78 is 34.3. The van der Waals surface area contributed by atoms with E-state index in [4.69, 9.17) is 4.74 Å². The maximum Gasteiger partial charge on any atom is 0.243 e. The summed E-state index contributed by atoms with van der Waals surface area (Å²) in [5.41, 5.74) is 4.71.